The second-order valence-electron chi connectivity index (χ2n) is 20.2. The lowest BCUT2D eigenvalue weighted by molar-refractivity contribution is -0.141. The average Bonchev–Trinajstić information content (AvgIpc) is 3.38. The summed E-state index contributed by atoms with van der Waals surface area (Å²) in [6.45, 7) is 0.240. The number of benzene rings is 1. The number of hydrogen-bond donors (Lipinski definition) is 13. The third-order valence-electron chi connectivity index (χ3n) is 13.8. The van der Waals surface area contributed by atoms with Gasteiger partial charge in [-0.25, -0.2) is 0 Å². The van der Waals surface area contributed by atoms with Crippen molar-refractivity contribution in [2.45, 2.75) is 202 Å². The molecular weight excluding hydrogens is 1080 g/mol. The largest absolute Gasteiger partial charge is 0.497 e. The summed E-state index contributed by atoms with van der Waals surface area (Å²) in [5, 5.41) is 97.0. The lowest BCUT2D eigenvalue weighted by atomic mass is 9.80. The van der Waals surface area contributed by atoms with Crippen LogP contribution in [0.5, 0.6) is 11.5 Å². The fourth-order valence-corrected chi connectivity index (χ4v) is 9.28. The zero-order valence-electron chi connectivity index (χ0n) is 45.5. The molecule has 0 fully saturated rings. The number of aliphatic carboxylic acids is 9. The number of rotatable bonds is 48. The predicted octanol–water partition coefficient (Wildman–Crippen LogP) is 4.18. The molecule has 0 heterocycles. The summed E-state index contributed by atoms with van der Waals surface area (Å²) in [5.41, 5.74) is -7.04. The van der Waals surface area contributed by atoms with Crippen molar-refractivity contribution in [3.63, 3.8) is 0 Å². The third kappa shape index (κ3) is 31.9. The molecule has 0 aliphatic carbocycles. The number of carboxylic acid groups (broad SMARTS) is 9. The van der Waals surface area contributed by atoms with Gasteiger partial charge in [0.15, 0.2) is 0 Å². The van der Waals surface area contributed by atoms with E-state index >= 15 is 0 Å². The Kier molecular flexibility index (Phi) is 31.7. The standard InChI is InChI=1S/C53H78N4O24/c1-80-35-6-8-36(9-7-35)81-34-4-2-3-5-37(58)54-50(22-10-38(59)55-51(25-13-41(62)63,26-14-42(64)65)27-15-43(66)67,23-11-39(60)56-52(28-16-44(68)69,29-17-45(70)71)30-18-46(72)73)24-12-40(61)57-53(31-19-47(74)75,32-20-48(76)77)33-21-49(78)79/h6-9H,2-5,10-34H2,1H3,(H,54,58)(H,55,59)(H,56,60)(H,57,61)(H,62,63)(H,64,65)(H,66,67)(H,68,69)(H,70,71)(H,72,73)(H,74,75)(H,76,77)(H,78,79). The molecule has 4 amide bonds. The fourth-order valence-electron chi connectivity index (χ4n) is 9.28. The van der Waals surface area contributed by atoms with Crippen molar-refractivity contribution in [3.8, 4) is 11.5 Å². The van der Waals surface area contributed by atoms with Gasteiger partial charge in [-0.15, -0.1) is 0 Å². The van der Waals surface area contributed by atoms with E-state index in [9.17, 15) is 108 Å². The van der Waals surface area contributed by atoms with Crippen LogP contribution in [0.2, 0.25) is 0 Å². The molecule has 28 nitrogen and oxygen atoms in total. The van der Waals surface area contributed by atoms with Crippen LogP contribution in [0.4, 0.5) is 0 Å². The fraction of sp³-hybridized carbons (Fsp3) is 0.642. The van der Waals surface area contributed by atoms with Crippen molar-refractivity contribution in [2.24, 2.45) is 0 Å². The van der Waals surface area contributed by atoms with Gasteiger partial charge in [0.1, 0.15) is 11.5 Å². The van der Waals surface area contributed by atoms with Gasteiger partial charge >= 0.3 is 53.7 Å². The SMILES string of the molecule is COc1ccc(OCCCCCC(=O)NC(CCC(=O)NC(CCC(=O)O)(CCC(=O)O)CCC(=O)O)(CCC(=O)NC(CCC(=O)O)(CCC(=O)O)CCC(=O)O)CCC(=O)NC(CCC(=O)O)(CCC(=O)O)CCC(=O)O)cc1. The highest BCUT2D eigenvalue weighted by Crippen LogP contribution is 2.33. The number of carbonyl (C=O) groups excluding carboxylic acids is 4. The summed E-state index contributed by atoms with van der Waals surface area (Å²) in [7, 11) is 1.50. The van der Waals surface area contributed by atoms with Crippen LogP contribution in [-0.2, 0) is 62.3 Å². The van der Waals surface area contributed by atoms with Crippen LogP contribution in [0.25, 0.3) is 0 Å². The summed E-state index contributed by atoms with van der Waals surface area (Å²) in [6.07, 6.45) is -12.1. The highest BCUT2D eigenvalue weighted by Gasteiger charge is 2.40. The van der Waals surface area contributed by atoms with Crippen molar-refractivity contribution in [1.29, 1.82) is 0 Å². The van der Waals surface area contributed by atoms with Crippen LogP contribution < -0.4 is 30.7 Å². The molecule has 0 bridgehead atoms. The Morgan fingerprint density at radius 2 is 0.519 bits per heavy atom. The maximum atomic E-state index is 14.2. The number of carboxylic acids is 9. The molecule has 0 saturated carbocycles. The minimum absolute atomic E-state index is 0.205. The third-order valence-corrected chi connectivity index (χ3v) is 13.8. The van der Waals surface area contributed by atoms with E-state index in [1.807, 2.05) is 0 Å². The Balaban J connectivity index is 4.02. The van der Waals surface area contributed by atoms with Crippen molar-refractivity contribution < 1.29 is 118 Å². The molecule has 0 spiro atoms. The van der Waals surface area contributed by atoms with Gasteiger partial charge in [0, 0.05) is 106 Å². The molecule has 1 aromatic carbocycles. The Morgan fingerprint density at radius 1 is 0.309 bits per heavy atom. The second kappa shape index (κ2) is 36.2. The van der Waals surface area contributed by atoms with Gasteiger partial charge in [-0.3, -0.25) is 62.3 Å². The van der Waals surface area contributed by atoms with Crippen molar-refractivity contribution in [2.75, 3.05) is 13.7 Å². The summed E-state index contributed by atoms with van der Waals surface area (Å²) in [5.74, 6) is -14.6. The molecule has 0 unspecified atom stereocenters. The van der Waals surface area contributed by atoms with E-state index in [1.165, 1.54) is 7.11 Å². The number of carbonyl (C=O) groups is 13. The molecular formula is C53H78N4O24. The number of unbranched alkanes of at least 4 members (excludes halogenated alkanes) is 2. The lowest BCUT2D eigenvalue weighted by Gasteiger charge is -2.39. The first kappa shape index (κ1) is 70.9. The van der Waals surface area contributed by atoms with Gasteiger partial charge in [0.25, 0.3) is 0 Å². The van der Waals surface area contributed by atoms with Gasteiger partial charge < -0.3 is 76.7 Å². The van der Waals surface area contributed by atoms with Crippen LogP contribution in [0.3, 0.4) is 0 Å². The van der Waals surface area contributed by atoms with Crippen molar-refractivity contribution in [1.82, 2.24) is 21.3 Å². The van der Waals surface area contributed by atoms with Crippen molar-refractivity contribution in [3.05, 3.63) is 24.3 Å². The molecule has 0 atom stereocenters. The van der Waals surface area contributed by atoms with E-state index in [-0.39, 0.29) is 19.4 Å². The van der Waals surface area contributed by atoms with Crippen LogP contribution in [-0.4, -0.2) is 159 Å². The lowest BCUT2D eigenvalue weighted by Crippen LogP contribution is -2.54. The summed E-state index contributed by atoms with van der Waals surface area (Å²) in [4.78, 5) is 163. The van der Waals surface area contributed by atoms with Gasteiger partial charge in [-0.2, -0.15) is 0 Å². The number of ether oxygens (including phenoxy) is 2. The molecule has 454 valence electrons. The highest BCUT2D eigenvalue weighted by atomic mass is 16.5. The molecule has 81 heavy (non-hydrogen) atoms. The Bertz CT molecular complexity index is 1990. The first-order valence-corrected chi connectivity index (χ1v) is 26.4. The molecule has 0 aliphatic rings. The topological polar surface area (TPSA) is 471 Å². The monoisotopic (exact) mass is 1150 g/mol. The zero-order chi connectivity index (χ0) is 61.2. The Labute approximate surface area is 466 Å². The molecule has 0 aromatic heterocycles. The minimum atomic E-state index is -1.84. The summed E-state index contributed by atoms with van der Waals surface area (Å²) >= 11 is 0. The minimum Gasteiger partial charge on any atom is -0.497 e. The van der Waals surface area contributed by atoms with E-state index in [4.69, 9.17) is 9.47 Å². The number of nitrogens with one attached hydrogen (secondary N) is 4. The first-order valence-electron chi connectivity index (χ1n) is 26.4. The quantitative estimate of drug-likeness (QED) is 0.0407. The molecule has 13 N–H and O–H groups in total. The molecule has 0 aliphatic heterocycles. The normalized spacial score (nSPS) is 11.6. The molecule has 1 rings (SSSR count). The van der Waals surface area contributed by atoms with Crippen LogP contribution in [0.1, 0.15) is 180 Å². The van der Waals surface area contributed by atoms with E-state index in [1.54, 1.807) is 24.3 Å². The van der Waals surface area contributed by atoms with E-state index in [0.717, 1.165) is 0 Å². The van der Waals surface area contributed by atoms with E-state index < -0.39 is 254 Å². The van der Waals surface area contributed by atoms with Crippen molar-refractivity contribution >= 4 is 77.4 Å². The van der Waals surface area contributed by atoms with Crippen LogP contribution in [0.15, 0.2) is 24.3 Å². The average molecular weight is 1160 g/mol. The molecule has 0 radical (unpaired) electrons. The van der Waals surface area contributed by atoms with Gasteiger partial charge in [0.05, 0.1) is 13.7 Å². The van der Waals surface area contributed by atoms with Gasteiger partial charge in [-0.1, -0.05) is 0 Å². The molecule has 0 saturated heterocycles. The second-order valence-corrected chi connectivity index (χ2v) is 20.2. The van der Waals surface area contributed by atoms with Crippen LogP contribution in [0, 0.1) is 0 Å². The predicted molar refractivity (Wildman–Crippen MR) is 280 cm³/mol. The van der Waals surface area contributed by atoms with E-state index in [2.05, 4.69) is 21.3 Å². The maximum Gasteiger partial charge on any atom is 0.303 e. The number of hydrogen-bond acceptors (Lipinski definition) is 15. The number of amides is 4. The molecule has 1 aromatic rings. The maximum absolute atomic E-state index is 14.2. The van der Waals surface area contributed by atoms with E-state index in [0.29, 0.717) is 24.3 Å². The highest BCUT2D eigenvalue weighted by molar-refractivity contribution is 5.82. The molecule has 28 heteroatoms. The summed E-state index contributed by atoms with van der Waals surface area (Å²) < 4.78 is 10.9. The Morgan fingerprint density at radius 3 is 0.741 bits per heavy atom. The van der Waals surface area contributed by atoms with Gasteiger partial charge in [-0.05, 0) is 121 Å². The smallest absolute Gasteiger partial charge is 0.303 e. The summed E-state index contributed by atoms with van der Waals surface area (Å²) in [6, 6.07) is 6.78. The van der Waals surface area contributed by atoms with Gasteiger partial charge in [0.2, 0.25) is 23.6 Å². The number of methoxy groups -OCH3 is 1. The Hall–Kier alpha value is -8.07. The zero-order valence-corrected chi connectivity index (χ0v) is 45.5. The van der Waals surface area contributed by atoms with Crippen LogP contribution >= 0.6 is 0 Å². The first-order chi connectivity index (χ1) is 38.0.